The lowest BCUT2D eigenvalue weighted by molar-refractivity contribution is -0.136. The molecule has 0 aromatic heterocycles. The Kier molecular flexibility index (Phi) is 5.19. The molecule has 0 radical (unpaired) electrons. The maximum atomic E-state index is 12.5. The molecule has 0 spiro atoms. The molecule has 138 valence electrons. The lowest BCUT2D eigenvalue weighted by Crippen LogP contribution is -2.45. The van der Waals surface area contributed by atoms with Crippen molar-refractivity contribution in [2.75, 3.05) is 25.1 Å². The average Bonchev–Trinajstić information content (AvgIpc) is 3.09. The van der Waals surface area contributed by atoms with Gasteiger partial charge in [-0.3, -0.25) is 19.3 Å². The molecular weight excluding hydrogens is 376 g/mol. The molecule has 0 unspecified atom stereocenters. The third-order valence-electron chi connectivity index (χ3n) is 4.41. The van der Waals surface area contributed by atoms with Gasteiger partial charge in [0, 0.05) is 13.1 Å². The van der Waals surface area contributed by atoms with E-state index in [4.69, 9.17) is 0 Å². The Morgan fingerprint density at radius 2 is 2.00 bits per heavy atom. The Morgan fingerprint density at radius 1 is 1.31 bits per heavy atom. The third kappa shape index (κ3) is 3.99. The van der Waals surface area contributed by atoms with Gasteiger partial charge in [0.2, 0.25) is 5.91 Å². The van der Waals surface area contributed by atoms with E-state index in [0.717, 1.165) is 22.2 Å². The predicted molar refractivity (Wildman–Crippen MR) is 98.9 cm³/mol. The quantitative estimate of drug-likeness (QED) is 0.716. The number of nitrogens with zero attached hydrogens (tertiary/aromatic N) is 2. The zero-order valence-electron chi connectivity index (χ0n) is 14.1. The predicted octanol–water partition coefficient (Wildman–Crippen LogP) is 1.37. The van der Waals surface area contributed by atoms with Crippen LogP contribution in [-0.4, -0.2) is 66.4 Å². The van der Waals surface area contributed by atoms with Gasteiger partial charge in [-0.25, -0.2) is 8.42 Å². The molecule has 1 aromatic rings. The van der Waals surface area contributed by atoms with Gasteiger partial charge in [-0.2, -0.15) is 0 Å². The fourth-order valence-electron chi connectivity index (χ4n) is 2.87. The van der Waals surface area contributed by atoms with Crippen LogP contribution < -0.4 is 0 Å². The van der Waals surface area contributed by atoms with Crippen molar-refractivity contribution >= 4 is 44.7 Å². The van der Waals surface area contributed by atoms with Gasteiger partial charge in [0.05, 0.1) is 16.4 Å². The van der Waals surface area contributed by atoms with Crippen LogP contribution in [0.3, 0.4) is 0 Å². The molecule has 9 heteroatoms. The number of hydrogen-bond donors (Lipinski definition) is 0. The van der Waals surface area contributed by atoms with Gasteiger partial charge < -0.3 is 4.90 Å². The van der Waals surface area contributed by atoms with E-state index in [-0.39, 0.29) is 23.0 Å². The first kappa shape index (κ1) is 18.7. The highest BCUT2D eigenvalue weighted by Gasteiger charge is 2.39. The SMILES string of the molecule is CN(C(=O)CN1C(=O)S/C(=C/c2ccccc2)C1=O)[C@@H]1CCS(=O)(=O)C1. The van der Waals surface area contributed by atoms with Crippen molar-refractivity contribution < 1.29 is 22.8 Å². The van der Waals surface area contributed by atoms with Crippen molar-refractivity contribution in [1.82, 2.24) is 9.80 Å². The number of hydrogen-bond acceptors (Lipinski definition) is 6. The van der Waals surface area contributed by atoms with Crippen LogP contribution in [0.5, 0.6) is 0 Å². The summed E-state index contributed by atoms with van der Waals surface area (Å²) in [5.41, 5.74) is 0.789. The zero-order chi connectivity index (χ0) is 18.9. The van der Waals surface area contributed by atoms with E-state index < -0.39 is 32.9 Å². The molecule has 0 aliphatic carbocycles. The molecule has 3 amide bonds. The smallest absolute Gasteiger partial charge is 0.294 e. The first-order valence-corrected chi connectivity index (χ1v) is 10.7. The van der Waals surface area contributed by atoms with Crippen LogP contribution >= 0.6 is 11.8 Å². The standard InChI is InChI=1S/C17H18N2O5S2/c1-18(13-7-8-26(23,24)11-13)15(20)10-19-16(21)14(25-17(19)22)9-12-5-3-2-4-6-12/h2-6,9,13H,7-8,10-11H2,1H3/b14-9+/t13-/m1/s1. The molecule has 2 heterocycles. The summed E-state index contributed by atoms with van der Waals surface area (Å²) in [4.78, 5) is 39.5. The Bertz CT molecular complexity index is 880. The Hall–Kier alpha value is -2.13. The van der Waals surface area contributed by atoms with Crippen LogP contribution in [0.25, 0.3) is 6.08 Å². The van der Waals surface area contributed by atoms with Gasteiger partial charge in [0.15, 0.2) is 9.84 Å². The van der Waals surface area contributed by atoms with Crippen molar-refractivity contribution in [2.45, 2.75) is 12.5 Å². The van der Waals surface area contributed by atoms with Crippen molar-refractivity contribution in [1.29, 1.82) is 0 Å². The summed E-state index contributed by atoms with van der Waals surface area (Å²) in [7, 11) is -1.61. The topological polar surface area (TPSA) is 91.8 Å². The minimum atomic E-state index is -3.12. The number of amides is 3. The molecular formula is C17H18N2O5S2. The van der Waals surface area contributed by atoms with E-state index in [1.165, 1.54) is 11.9 Å². The highest BCUT2D eigenvalue weighted by molar-refractivity contribution is 8.18. The molecule has 2 aliphatic heterocycles. The van der Waals surface area contributed by atoms with Gasteiger partial charge in [0.1, 0.15) is 6.54 Å². The van der Waals surface area contributed by atoms with E-state index in [2.05, 4.69) is 0 Å². The number of thioether (sulfide) groups is 1. The minimum Gasteiger partial charge on any atom is -0.340 e. The number of imide groups is 1. The van der Waals surface area contributed by atoms with Crippen LogP contribution in [0.2, 0.25) is 0 Å². The van der Waals surface area contributed by atoms with E-state index in [9.17, 15) is 22.8 Å². The first-order chi connectivity index (χ1) is 12.3. The van der Waals surface area contributed by atoms with Crippen LogP contribution in [0.4, 0.5) is 4.79 Å². The maximum Gasteiger partial charge on any atom is 0.294 e. The number of sulfone groups is 1. The van der Waals surface area contributed by atoms with Crippen LogP contribution in [-0.2, 0) is 19.4 Å². The monoisotopic (exact) mass is 394 g/mol. The molecule has 2 saturated heterocycles. The molecule has 0 N–H and O–H groups in total. The number of likely N-dealkylation sites (N-methyl/N-ethyl adjacent to an activating group) is 1. The maximum absolute atomic E-state index is 12.5. The van der Waals surface area contributed by atoms with Crippen LogP contribution in [0, 0.1) is 0 Å². The van der Waals surface area contributed by atoms with Gasteiger partial charge in [-0.05, 0) is 29.8 Å². The summed E-state index contributed by atoms with van der Waals surface area (Å²) in [6.45, 7) is -0.385. The lowest BCUT2D eigenvalue weighted by atomic mass is 10.2. The molecule has 2 fully saturated rings. The van der Waals surface area contributed by atoms with Gasteiger partial charge >= 0.3 is 0 Å². The molecule has 3 rings (SSSR count). The third-order valence-corrected chi connectivity index (χ3v) is 7.07. The molecule has 2 aliphatic rings. The summed E-state index contributed by atoms with van der Waals surface area (Å²) < 4.78 is 23.1. The summed E-state index contributed by atoms with van der Waals surface area (Å²) >= 11 is 0.794. The highest BCUT2D eigenvalue weighted by atomic mass is 32.2. The van der Waals surface area contributed by atoms with Crippen molar-refractivity contribution in [3.8, 4) is 0 Å². The molecule has 1 aromatic carbocycles. The lowest BCUT2D eigenvalue weighted by Gasteiger charge is -2.25. The normalized spacial score (nSPS) is 23.7. The summed E-state index contributed by atoms with van der Waals surface area (Å²) in [6, 6.07) is 8.71. The van der Waals surface area contributed by atoms with Gasteiger partial charge in [-0.15, -0.1) is 0 Å². The van der Waals surface area contributed by atoms with Gasteiger partial charge in [-0.1, -0.05) is 30.3 Å². The second-order valence-electron chi connectivity index (χ2n) is 6.24. The molecule has 7 nitrogen and oxygen atoms in total. The van der Waals surface area contributed by atoms with Crippen molar-refractivity contribution in [2.24, 2.45) is 0 Å². The average molecular weight is 394 g/mol. The van der Waals surface area contributed by atoms with Crippen molar-refractivity contribution in [3.63, 3.8) is 0 Å². The number of benzene rings is 1. The summed E-state index contributed by atoms with van der Waals surface area (Å²) in [6.07, 6.45) is 1.99. The van der Waals surface area contributed by atoms with Crippen LogP contribution in [0.1, 0.15) is 12.0 Å². The summed E-state index contributed by atoms with van der Waals surface area (Å²) in [5.74, 6) is -0.984. The Morgan fingerprint density at radius 3 is 2.62 bits per heavy atom. The molecule has 1 atom stereocenters. The Labute approximate surface area is 155 Å². The minimum absolute atomic E-state index is 0.0523. The van der Waals surface area contributed by atoms with E-state index >= 15 is 0 Å². The summed E-state index contributed by atoms with van der Waals surface area (Å²) in [5, 5.41) is -0.502. The zero-order valence-corrected chi connectivity index (χ0v) is 15.8. The highest BCUT2D eigenvalue weighted by Crippen LogP contribution is 2.32. The van der Waals surface area contributed by atoms with Crippen LogP contribution in [0.15, 0.2) is 35.2 Å². The molecule has 0 bridgehead atoms. The van der Waals surface area contributed by atoms with Gasteiger partial charge in [0.25, 0.3) is 11.1 Å². The number of carbonyl (C=O) groups excluding carboxylic acids is 3. The molecule has 0 saturated carbocycles. The van der Waals surface area contributed by atoms with E-state index in [1.54, 1.807) is 6.08 Å². The molecule has 26 heavy (non-hydrogen) atoms. The fraction of sp³-hybridized carbons (Fsp3) is 0.353. The first-order valence-electron chi connectivity index (χ1n) is 8.03. The van der Waals surface area contributed by atoms with E-state index in [1.807, 2.05) is 30.3 Å². The second-order valence-corrected chi connectivity index (χ2v) is 9.46. The van der Waals surface area contributed by atoms with Crippen molar-refractivity contribution in [3.05, 3.63) is 40.8 Å². The fourth-order valence-corrected chi connectivity index (χ4v) is 5.48. The second kappa shape index (κ2) is 7.24. The van der Waals surface area contributed by atoms with E-state index in [0.29, 0.717) is 6.42 Å². The number of rotatable bonds is 4. The Balaban J connectivity index is 1.68. The largest absolute Gasteiger partial charge is 0.340 e. The number of carbonyl (C=O) groups is 3.